The second kappa shape index (κ2) is 2.95. The Hall–Kier alpha value is -0.740. The van der Waals surface area contributed by atoms with Crippen molar-refractivity contribution in [3.8, 4) is 0 Å². The van der Waals surface area contributed by atoms with E-state index >= 15 is 0 Å². The third kappa shape index (κ3) is 2.12. The van der Waals surface area contributed by atoms with Crippen LogP contribution in [0.5, 0.6) is 0 Å². The summed E-state index contributed by atoms with van der Waals surface area (Å²) >= 11 is 0. The Labute approximate surface area is 75.7 Å². The summed E-state index contributed by atoms with van der Waals surface area (Å²) in [6.07, 6.45) is 3.37. The predicted octanol–water partition coefficient (Wildman–Crippen LogP) is 3.85. The lowest BCUT2D eigenvalue weighted by Crippen LogP contribution is -2.11. The van der Waals surface area contributed by atoms with Crippen LogP contribution >= 0.6 is 0 Å². The summed E-state index contributed by atoms with van der Waals surface area (Å²) < 4.78 is 0. The Morgan fingerprint density at radius 1 is 1.25 bits per heavy atom. The van der Waals surface area contributed by atoms with Gasteiger partial charge in [-0.25, -0.2) is 0 Å². The van der Waals surface area contributed by atoms with Gasteiger partial charge in [0.15, 0.2) is 0 Å². The van der Waals surface area contributed by atoms with Gasteiger partial charge in [0.05, 0.1) is 0 Å². The van der Waals surface area contributed by atoms with Crippen LogP contribution in [-0.2, 0) is 0 Å². The normalized spacial score (nSPS) is 18.2. The molecule has 66 valence electrons. The van der Waals surface area contributed by atoms with Crippen molar-refractivity contribution >= 4 is 0 Å². The molecule has 0 aromatic carbocycles. The van der Waals surface area contributed by atoms with Crippen molar-refractivity contribution in [1.29, 1.82) is 0 Å². The monoisotopic (exact) mass is 162 g/mol. The van der Waals surface area contributed by atoms with Crippen LogP contribution in [0.3, 0.4) is 0 Å². The van der Waals surface area contributed by atoms with Crippen molar-refractivity contribution in [3.63, 3.8) is 0 Å². The van der Waals surface area contributed by atoms with Crippen LogP contribution in [0.25, 0.3) is 0 Å². The third-order valence-electron chi connectivity index (χ3n) is 2.22. The lowest BCUT2D eigenvalue weighted by molar-refractivity contribution is 0.489. The molecular weight excluding hydrogens is 144 g/mol. The molecule has 1 aliphatic carbocycles. The molecule has 0 radical (unpaired) electrons. The number of hydrogen-bond donors (Lipinski definition) is 0. The second-order valence-corrected chi connectivity index (χ2v) is 4.68. The maximum Gasteiger partial charge on any atom is -0.00262 e. The molecule has 0 fully saturated rings. The molecular formula is C12H18. The standard InChI is InChI=1S/C12H18/c1-9-6-10(2)8-11(7-9)12(3,4)5/h7H,8H2,1-5H3. The van der Waals surface area contributed by atoms with Crippen LogP contribution in [0.15, 0.2) is 28.5 Å². The van der Waals surface area contributed by atoms with Crippen LogP contribution in [0.4, 0.5) is 0 Å². The molecule has 0 saturated heterocycles. The summed E-state index contributed by atoms with van der Waals surface area (Å²) in [5.74, 6) is 0. The Bertz CT molecular complexity index is 276. The van der Waals surface area contributed by atoms with E-state index in [4.69, 9.17) is 0 Å². The summed E-state index contributed by atoms with van der Waals surface area (Å²) in [4.78, 5) is 0. The van der Waals surface area contributed by atoms with E-state index in [1.54, 1.807) is 0 Å². The highest BCUT2D eigenvalue weighted by molar-refractivity contribution is 5.33. The highest BCUT2D eigenvalue weighted by Gasteiger charge is 2.18. The molecule has 0 atom stereocenters. The number of rotatable bonds is 0. The molecule has 0 heteroatoms. The zero-order valence-electron chi connectivity index (χ0n) is 8.78. The largest absolute Gasteiger partial charge is 0.118 e. The molecule has 1 rings (SSSR count). The molecule has 0 bridgehead atoms. The zero-order valence-corrected chi connectivity index (χ0v) is 8.78. The quantitative estimate of drug-likeness (QED) is 0.474. The third-order valence-corrected chi connectivity index (χ3v) is 2.22. The van der Waals surface area contributed by atoms with Gasteiger partial charge in [0.2, 0.25) is 0 Å². The van der Waals surface area contributed by atoms with Gasteiger partial charge < -0.3 is 0 Å². The van der Waals surface area contributed by atoms with E-state index in [1.807, 2.05) is 0 Å². The lowest BCUT2D eigenvalue weighted by Gasteiger charge is -2.25. The van der Waals surface area contributed by atoms with Crippen molar-refractivity contribution in [1.82, 2.24) is 0 Å². The molecule has 0 N–H and O–H groups in total. The van der Waals surface area contributed by atoms with E-state index < -0.39 is 0 Å². The van der Waals surface area contributed by atoms with Crippen LogP contribution in [0, 0.1) is 5.41 Å². The minimum absolute atomic E-state index is 0.310. The first-order valence-corrected chi connectivity index (χ1v) is 4.53. The van der Waals surface area contributed by atoms with Gasteiger partial charge in [0, 0.05) is 0 Å². The van der Waals surface area contributed by atoms with Crippen molar-refractivity contribution in [2.75, 3.05) is 0 Å². The maximum atomic E-state index is 3.34. The van der Waals surface area contributed by atoms with Gasteiger partial charge in [-0.3, -0.25) is 0 Å². The minimum atomic E-state index is 0.310. The fraction of sp³-hybridized carbons (Fsp3) is 0.583. The van der Waals surface area contributed by atoms with Gasteiger partial charge in [-0.2, -0.15) is 0 Å². The summed E-state index contributed by atoms with van der Waals surface area (Å²) in [6.45, 7) is 11.1. The Kier molecular flexibility index (Phi) is 2.30. The minimum Gasteiger partial charge on any atom is -0.118 e. The summed E-state index contributed by atoms with van der Waals surface area (Å²) in [6, 6.07) is 0. The average molecular weight is 162 g/mol. The summed E-state index contributed by atoms with van der Waals surface area (Å²) in [5.41, 5.74) is 7.80. The van der Waals surface area contributed by atoms with Gasteiger partial charge in [-0.05, 0) is 36.8 Å². The van der Waals surface area contributed by atoms with E-state index in [1.165, 1.54) is 16.7 Å². The molecule has 0 saturated carbocycles. The van der Waals surface area contributed by atoms with Crippen molar-refractivity contribution < 1.29 is 0 Å². The first-order chi connectivity index (χ1) is 5.39. The number of allylic oxidation sites excluding steroid dienone is 3. The van der Waals surface area contributed by atoms with Gasteiger partial charge in [0.25, 0.3) is 0 Å². The smallest absolute Gasteiger partial charge is 0.00262 e. The molecule has 12 heavy (non-hydrogen) atoms. The molecule has 0 aromatic rings. The molecule has 0 amide bonds. The summed E-state index contributed by atoms with van der Waals surface area (Å²) in [7, 11) is 0. The topological polar surface area (TPSA) is 0 Å². The molecule has 0 spiro atoms. The van der Waals surface area contributed by atoms with E-state index in [0.717, 1.165) is 6.42 Å². The highest BCUT2D eigenvalue weighted by atomic mass is 14.2. The second-order valence-electron chi connectivity index (χ2n) is 4.68. The summed E-state index contributed by atoms with van der Waals surface area (Å²) in [5, 5.41) is 0. The van der Waals surface area contributed by atoms with Crippen LogP contribution < -0.4 is 0 Å². The lowest BCUT2D eigenvalue weighted by atomic mass is 9.80. The Balaban J connectivity index is 2.98. The predicted molar refractivity (Wildman–Crippen MR) is 54.0 cm³/mol. The van der Waals surface area contributed by atoms with Crippen LogP contribution in [0.2, 0.25) is 0 Å². The van der Waals surface area contributed by atoms with Crippen molar-refractivity contribution in [3.05, 3.63) is 28.5 Å². The molecule has 0 aromatic heterocycles. The molecule has 1 aliphatic rings. The average Bonchev–Trinajstić information content (AvgIpc) is 1.82. The Morgan fingerprint density at radius 2 is 1.83 bits per heavy atom. The maximum absolute atomic E-state index is 3.34. The van der Waals surface area contributed by atoms with E-state index in [-0.39, 0.29) is 0 Å². The van der Waals surface area contributed by atoms with Gasteiger partial charge >= 0.3 is 0 Å². The SMILES string of the molecule is CC1=C=C(C)CC(C(C)(C)C)=C1. The zero-order chi connectivity index (χ0) is 9.35. The molecule has 0 unspecified atom stereocenters. The van der Waals surface area contributed by atoms with Crippen LogP contribution in [-0.4, -0.2) is 0 Å². The highest BCUT2D eigenvalue weighted by Crippen LogP contribution is 2.32. The molecule has 0 nitrogen and oxygen atoms in total. The van der Waals surface area contributed by atoms with Gasteiger partial charge in [-0.1, -0.05) is 32.4 Å². The van der Waals surface area contributed by atoms with E-state index in [2.05, 4.69) is 46.4 Å². The molecule has 0 heterocycles. The fourth-order valence-electron chi connectivity index (χ4n) is 1.50. The van der Waals surface area contributed by atoms with E-state index in [0.29, 0.717) is 5.41 Å². The van der Waals surface area contributed by atoms with E-state index in [9.17, 15) is 0 Å². The van der Waals surface area contributed by atoms with Gasteiger partial charge in [0.1, 0.15) is 0 Å². The Morgan fingerprint density at radius 3 is 2.25 bits per heavy atom. The van der Waals surface area contributed by atoms with Crippen LogP contribution in [0.1, 0.15) is 41.0 Å². The van der Waals surface area contributed by atoms with Crippen molar-refractivity contribution in [2.24, 2.45) is 5.41 Å². The van der Waals surface area contributed by atoms with Gasteiger partial charge in [-0.15, -0.1) is 5.73 Å². The molecule has 0 aliphatic heterocycles. The number of hydrogen-bond acceptors (Lipinski definition) is 0. The fourth-order valence-corrected chi connectivity index (χ4v) is 1.50. The first kappa shape index (κ1) is 9.35. The first-order valence-electron chi connectivity index (χ1n) is 4.53. The van der Waals surface area contributed by atoms with Crippen molar-refractivity contribution in [2.45, 2.75) is 41.0 Å².